The second kappa shape index (κ2) is 7.54. The largest absolute Gasteiger partial charge is 0.448 e. The van der Waals surface area contributed by atoms with Crippen molar-refractivity contribution in [3.63, 3.8) is 0 Å². The van der Waals surface area contributed by atoms with E-state index in [-0.39, 0.29) is 48.0 Å². The Morgan fingerprint density at radius 2 is 2.14 bits per heavy atom. The van der Waals surface area contributed by atoms with Crippen molar-refractivity contribution in [3.05, 3.63) is 17.8 Å². The van der Waals surface area contributed by atoms with Crippen LogP contribution in [-0.2, 0) is 9.59 Å². The number of fused-ring (bicyclic) bond motifs is 4. The Kier molecular flexibility index (Phi) is 5.09. The van der Waals surface area contributed by atoms with Crippen LogP contribution in [0.3, 0.4) is 0 Å². The number of piperidine rings is 3. The van der Waals surface area contributed by atoms with E-state index in [2.05, 4.69) is 15.2 Å². The molecule has 0 unspecified atom stereocenters. The molecule has 0 spiro atoms. The maximum Gasteiger partial charge on any atom is 0.273 e. The molecule has 9 heteroatoms. The second-order valence-electron chi connectivity index (χ2n) is 8.21. The number of carbonyl (C=O) groups excluding carboxylic acids is 3. The van der Waals surface area contributed by atoms with Gasteiger partial charge in [0.25, 0.3) is 5.91 Å². The fraction of sp³-hybridized carbons (Fsp3) is 0.684. The third-order valence-electron chi connectivity index (χ3n) is 6.28. The standard InChI is InChI=1S/C19H27N5O4/c1-11-22-14(10-28-11)19(27)21-6-16-13-5-12(7-23(8-13)9-17(20)25)15-3-2-4-18(26)24(15)16/h10,12-13,15-16H,2-9H2,1H3,(H2,20,25)(H,21,27)/t12-,13+,15+,16+/m1/s1. The van der Waals surface area contributed by atoms with Gasteiger partial charge in [-0.05, 0) is 31.1 Å². The summed E-state index contributed by atoms with van der Waals surface area (Å²) in [5, 5.41) is 2.93. The van der Waals surface area contributed by atoms with Gasteiger partial charge in [0.15, 0.2) is 11.6 Å². The molecule has 28 heavy (non-hydrogen) atoms. The van der Waals surface area contributed by atoms with E-state index in [1.54, 1.807) is 6.92 Å². The molecule has 3 N–H and O–H groups in total. The maximum absolute atomic E-state index is 12.7. The number of carbonyl (C=O) groups is 3. The van der Waals surface area contributed by atoms with Crippen LogP contribution in [0, 0.1) is 18.8 Å². The highest BCUT2D eigenvalue weighted by molar-refractivity contribution is 5.92. The SMILES string of the molecule is Cc1nc(C(=O)NC[C@H]2[C@H]3C[C@H](CN(CC(N)=O)C3)[C@@H]3CCCC(=O)N32)co1. The predicted molar refractivity (Wildman–Crippen MR) is 99.1 cm³/mol. The van der Waals surface area contributed by atoms with E-state index in [4.69, 9.17) is 10.2 Å². The van der Waals surface area contributed by atoms with Gasteiger partial charge in [-0.25, -0.2) is 4.98 Å². The first-order chi connectivity index (χ1) is 13.4. The minimum atomic E-state index is -0.331. The molecule has 4 rings (SSSR count). The molecule has 3 saturated heterocycles. The van der Waals surface area contributed by atoms with Crippen LogP contribution in [0.2, 0.25) is 0 Å². The zero-order valence-electron chi connectivity index (χ0n) is 16.1. The number of hydrogen-bond acceptors (Lipinski definition) is 6. The predicted octanol–water partition coefficient (Wildman–Crippen LogP) is -0.100. The average Bonchev–Trinajstić information content (AvgIpc) is 3.08. The Hall–Kier alpha value is -2.42. The Morgan fingerprint density at radius 3 is 2.86 bits per heavy atom. The number of oxazole rings is 1. The molecule has 4 heterocycles. The van der Waals surface area contributed by atoms with Crippen LogP contribution in [0.15, 0.2) is 10.7 Å². The molecule has 2 bridgehead atoms. The zero-order chi connectivity index (χ0) is 19.8. The average molecular weight is 389 g/mol. The molecule has 3 amide bonds. The molecule has 9 nitrogen and oxygen atoms in total. The van der Waals surface area contributed by atoms with Crippen LogP contribution in [0.5, 0.6) is 0 Å². The molecular weight excluding hydrogens is 362 g/mol. The summed E-state index contributed by atoms with van der Waals surface area (Å²) in [4.78, 5) is 44.8. The minimum Gasteiger partial charge on any atom is -0.448 e. The number of nitrogens with zero attached hydrogens (tertiary/aromatic N) is 3. The number of amides is 3. The summed E-state index contributed by atoms with van der Waals surface area (Å²) in [6.07, 6.45) is 4.78. The number of likely N-dealkylation sites (tertiary alicyclic amines) is 1. The lowest BCUT2D eigenvalue weighted by atomic mass is 9.72. The van der Waals surface area contributed by atoms with Gasteiger partial charge in [0, 0.05) is 39.0 Å². The van der Waals surface area contributed by atoms with Gasteiger partial charge in [-0.2, -0.15) is 0 Å². The van der Waals surface area contributed by atoms with Crippen LogP contribution >= 0.6 is 0 Å². The highest BCUT2D eigenvalue weighted by Crippen LogP contribution is 2.41. The lowest BCUT2D eigenvalue weighted by Crippen LogP contribution is -2.67. The topological polar surface area (TPSA) is 122 Å². The first-order valence-electron chi connectivity index (χ1n) is 9.94. The first-order valence-corrected chi connectivity index (χ1v) is 9.94. The smallest absolute Gasteiger partial charge is 0.273 e. The lowest BCUT2D eigenvalue weighted by Gasteiger charge is -2.56. The van der Waals surface area contributed by atoms with Crippen molar-refractivity contribution in [2.75, 3.05) is 26.2 Å². The normalized spacial score (nSPS) is 30.0. The van der Waals surface area contributed by atoms with E-state index in [0.717, 1.165) is 25.8 Å². The number of nitrogens with two attached hydrogens (primary N) is 1. The van der Waals surface area contributed by atoms with Crippen molar-refractivity contribution in [2.45, 2.75) is 44.7 Å². The van der Waals surface area contributed by atoms with Crippen LogP contribution in [0.1, 0.15) is 42.1 Å². The molecule has 1 aromatic heterocycles. The fourth-order valence-electron chi connectivity index (χ4n) is 5.24. The number of aryl methyl sites for hydroxylation is 1. The Balaban J connectivity index is 1.51. The molecule has 0 aliphatic carbocycles. The maximum atomic E-state index is 12.7. The minimum absolute atomic E-state index is 0.0818. The molecule has 3 aliphatic heterocycles. The van der Waals surface area contributed by atoms with Crippen LogP contribution < -0.4 is 11.1 Å². The van der Waals surface area contributed by atoms with E-state index >= 15 is 0 Å². The first kappa shape index (κ1) is 18.9. The van der Waals surface area contributed by atoms with Gasteiger partial charge in [-0.3, -0.25) is 19.3 Å². The van der Waals surface area contributed by atoms with E-state index in [1.807, 2.05) is 4.90 Å². The molecule has 152 valence electrons. The fourth-order valence-corrected chi connectivity index (χ4v) is 5.24. The highest BCUT2D eigenvalue weighted by atomic mass is 16.3. The number of hydrogen-bond donors (Lipinski definition) is 2. The van der Waals surface area contributed by atoms with Gasteiger partial charge in [-0.15, -0.1) is 0 Å². The molecule has 4 atom stereocenters. The molecule has 1 aromatic rings. The summed E-state index contributed by atoms with van der Waals surface area (Å²) >= 11 is 0. The third-order valence-corrected chi connectivity index (χ3v) is 6.28. The van der Waals surface area contributed by atoms with E-state index in [9.17, 15) is 14.4 Å². The lowest BCUT2D eigenvalue weighted by molar-refractivity contribution is -0.153. The molecule has 3 fully saturated rings. The van der Waals surface area contributed by atoms with Crippen molar-refractivity contribution in [2.24, 2.45) is 17.6 Å². The van der Waals surface area contributed by atoms with Gasteiger partial charge >= 0.3 is 0 Å². The van der Waals surface area contributed by atoms with Gasteiger partial charge in [0.05, 0.1) is 12.6 Å². The molecule has 0 saturated carbocycles. The Labute approximate surface area is 163 Å². The molecule has 3 aliphatic rings. The van der Waals surface area contributed by atoms with Crippen molar-refractivity contribution in [1.29, 1.82) is 0 Å². The summed E-state index contributed by atoms with van der Waals surface area (Å²) in [5.74, 6) is 0.535. The van der Waals surface area contributed by atoms with Crippen molar-refractivity contribution in [1.82, 2.24) is 20.1 Å². The Bertz CT molecular complexity index is 778. The Morgan fingerprint density at radius 1 is 1.36 bits per heavy atom. The molecular formula is C19H27N5O4. The summed E-state index contributed by atoms with van der Waals surface area (Å²) in [6.45, 7) is 3.80. The summed E-state index contributed by atoms with van der Waals surface area (Å²) < 4.78 is 5.11. The molecule has 0 radical (unpaired) electrons. The third kappa shape index (κ3) is 3.63. The number of nitrogens with one attached hydrogen (secondary N) is 1. The number of rotatable bonds is 5. The van der Waals surface area contributed by atoms with Crippen molar-refractivity contribution < 1.29 is 18.8 Å². The van der Waals surface area contributed by atoms with Crippen LogP contribution in [0.25, 0.3) is 0 Å². The van der Waals surface area contributed by atoms with Crippen molar-refractivity contribution in [3.8, 4) is 0 Å². The summed E-state index contributed by atoms with van der Waals surface area (Å²) in [5.41, 5.74) is 5.65. The highest BCUT2D eigenvalue weighted by Gasteiger charge is 2.49. The van der Waals surface area contributed by atoms with Gasteiger partial charge in [0.2, 0.25) is 11.8 Å². The number of primary amides is 1. The zero-order valence-corrected chi connectivity index (χ0v) is 16.1. The van der Waals surface area contributed by atoms with Gasteiger partial charge < -0.3 is 20.4 Å². The quantitative estimate of drug-likeness (QED) is 0.725. The summed E-state index contributed by atoms with van der Waals surface area (Å²) in [7, 11) is 0. The van der Waals surface area contributed by atoms with Gasteiger partial charge in [0.1, 0.15) is 6.26 Å². The summed E-state index contributed by atoms with van der Waals surface area (Å²) in [6, 6.07) is 0.0889. The van der Waals surface area contributed by atoms with Gasteiger partial charge in [-0.1, -0.05) is 0 Å². The van der Waals surface area contributed by atoms with Crippen LogP contribution in [-0.4, -0.2) is 70.8 Å². The monoisotopic (exact) mass is 389 g/mol. The van der Waals surface area contributed by atoms with E-state index < -0.39 is 0 Å². The van der Waals surface area contributed by atoms with Crippen molar-refractivity contribution >= 4 is 17.7 Å². The number of aromatic nitrogens is 1. The van der Waals surface area contributed by atoms with Crippen LogP contribution in [0.4, 0.5) is 0 Å². The van der Waals surface area contributed by atoms with E-state index in [0.29, 0.717) is 31.3 Å². The molecule has 0 aromatic carbocycles. The van der Waals surface area contributed by atoms with E-state index in [1.165, 1.54) is 6.26 Å². The second-order valence-corrected chi connectivity index (χ2v) is 8.21.